The molecule has 0 aromatic carbocycles. The van der Waals surface area contributed by atoms with Crippen LogP contribution in [0.5, 0.6) is 0 Å². The van der Waals surface area contributed by atoms with Crippen LogP contribution in [0.3, 0.4) is 0 Å². The van der Waals surface area contributed by atoms with Gasteiger partial charge in [0.2, 0.25) is 0 Å². The molecule has 4 nitrogen and oxygen atoms in total. The Morgan fingerprint density at radius 1 is 1.26 bits per heavy atom. The van der Waals surface area contributed by atoms with Crippen LogP contribution in [0.1, 0.15) is 20.3 Å². The number of ether oxygens (including phenoxy) is 3. The van der Waals surface area contributed by atoms with Gasteiger partial charge in [0.25, 0.3) is 0 Å². The molecular formula is C15H26O4. The molecule has 19 heavy (non-hydrogen) atoms. The monoisotopic (exact) mass is 270 g/mol. The average molecular weight is 270 g/mol. The highest BCUT2D eigenvalue weighted by Crippen LogP contribution is 2.15. The van der Waals surface area contributed by atoms with Crippen LogP contribution in [0, 0.1) is 5.92 Å². The van der Waals surface area contributed by atoms with Crippen LogP contribution in [0.2, 0.25) is 0 Å². The minimum Gasteiger partial charge on any atom is -0.389 e. The zero-order valence-corrected chi connectivity index (χ0v) is 12.2. The van der Waals surface area contributed by atoms with Crippen molar-refractivity contribution in [1.82, 2.24) is 0 Å². The van der Waals surface area contributed by atoms with Gasteiger partial charge in [-0.05, 0) is 13.3 Å². The highest BCUT2D eigenvalue weighted by atomic mass is 16.5. The minimum atomic E-state index is -0.556. The lowest BCUT2D eigenvalue weighted by atomic mass is 9.97. The summed E-state index contributed by atoms with van der Waals surface area (Å²) in [5.41, 5.74) is 1.11. The van der Waals surface area contributed by atoms with E-state index in [1.807, 2.05) is 32.1 Å². The van der Waals surface area contributed by atoms with Gasteiger partial charge in [-0.2, -0.15) is 0 Å². The van der Waals surface area contributed by atoms with Crippen molar-refractivity contribution >= 4 is 0 Å². The van der Waals surface area contributed by atoms with Gasteiger partial charge in [-0.1, -0.05) is 30.7 Å². The third kappa shape index (κ3) is 6.34. The molecule has 1 N–H and O–H groups in total. The van der Waals surface area contributed by atoms with Crippen molar-refractivity contribution in [2.45, 2.75) is 32.5 Å². The van der Waals surface area contributed by atoms with Crippen molar-refractivity contribution in [2.24, 2.45) is 5.92 Å². The third-order valence-electron chi connectivity index (χ3n) is 3.15. The first-order valence-corrected chi connectivity index (χ1v) is 6.85. The summed E-state index contributed by atoms with van der Waals surface area (Å²) in [5, 5.41) is 10.3. The molecule has 0 bridgehead atoms. The lowest BCUT2D eigenvalue weighted by Crippen LogP contribution is -2.31. The van der Waals surface area contributed by atoms with E-state index in [4.69, 9.17) is 14.2 Å². The van der Waals surface area contributed by atoms with Gasteiger partial charge in [-0.3, -0.25) is 0 Å². The van der Waals surface area contributed by atoms with Crippen LogP contribution in [-0.2, 0) is 14.2 Å². The minimum absolute atomic E-state index is 0.0254. The average Bonchev–Trinajstić information content (AvgIpc) is 2.39. The van der Waals surface area contributed by atoms with Crippen molar-refractivity contribution in [2.75, 3.05) is 33.5 Å². The molecule has 0 aromatic rings. The molecule has 1 aliphatic heterocycles. The van der Waals surface area contributed by atoms with Crippen LogP contribution in [0.4, 0.5) is 0 Å². The Hall–Kier alpha value is -0.680. The Bertz CT molecular complexity index is 299. The lowest BCUT2D eigenvalue weighted by molar-refractivity contribution is -0.00247. The molecule has 0 saturated heterocycles. The largest absolute Gasteiger partial charge is 0.389 e. The molecule has 110 valence electrons. The Morgan fingerprint density at radius 2 is 2.00 bits per heavy atom. The second-order valence-electron chi connectivity index (χ2n) is 4.94. The second-order valence-corrected chi connectivity index (χ2v) is 4.94. The Labute approximate surface area is 116 Å². The zero-order valence-electron chi connectivity index (χ0n) is 12.2. The van der Waals surface area contributed by atoms with Gasteiger partial charge in [-0.15, -0.1) is 0 Å². The van der Waals surface area contributed by atoms with Gasteiger partial charge in [0.15, 0.2) is 0 Å². The fourth-order valence-corrected chi connectivity index (χ4v) is 2.06. The Balaban J connectivity index is 2.71. The van der Waals surface area contributed by atoms with Crippen molar-refractivity contribution in [1.29, 1.82) is 0 Å². The summed E-state index contributed by atoms with van der Waals surface area (Å²) in [7, 11) is 1.62. The van der Waals surface area contributed by atoms with Gasteiger partial charge < -0.3 is 19.3 Å². The third-order valence-corrected chi connectivity index (χ3v) is 3.15. The van der Waals surface area contributed by atoms with Crippen LogP contribution in [0.15, 0.2) is 23.8 Å². The van der Waals surface area contributed by atoms with Gasteiger partial charge in [0, 0.05) is 13.0 Å². The predicted octanol–water partition coefficient (Wildman–Crippen LogP) is 1.94. The smallest absolute Gasteiger partial charge is 0.102 e. The topological polar surface area (TPSA) is 47.9 Å². The van der Waals surface area contributed by atoms with Crippen molar-refractivity contribution in [3.63, 3.8) is 0 Å². The first-order valence-electron chi connectivity index (χ1n) is 6.85. The first-order chi connectivity index (χ1) is 9.15. The quantitative estimate of drug-likeness (QED) is 0.740. The van der Waals surface area contributed by atoms with E-state index in [2.05, 4.69) is 0 Å². The number of methoxy groups -OCH3 is 1. The highest BCUT2D eigenvalue weighted by Gasteiger charge is 2.21. The normalized spacial score (nSPS) is 36.0. The van der Waals surface area contributed by atoms with Gasteiger partial charge in [0.1, 0.15) is 6.10 Å². The number of hydrogen-bond donors (Lipinski definition) is 1. The van der Waals surface area contributed by atoms with Gasteiger partial charge in [-0.25, -0.2) is 0 Å². The summed E-state index contributed by atoms with van der Waals surface area (Å²) in [6.07, 6.45) is 5.92. The highest BCUT2D eigenvalue weighted by molar-refractivity contribution is 5.05. The molecule has 0 aliphatic carbocycles. The van der Waals surface area contributed by atoms with Crippen molar-refractivity contribution in [3.05, 3.63) is 23.8 Å². The molecule has 0 amide bonds. The van der Waals surface area contributed by atoms with Crippen molar-refractivity contribution in [3.8, 4) is 0 Å². The molecule has 3 atom stereocenters. The molecular weight excluding hydrogens is 244 g/mol. The fraction of sp³-hybridized carbons (Fsp3) is 0.733. The molecule has 0 aromatic heterocycles. The molecule has 0 radical (unpaired) electrons. The van der Waals surface area contributed by atoms with E-state index in [0.717, 1.165) is 12.0 Å². The van der Waals surface area contributed by atoms with E-state index in [-0.39, 0.29) is 12.0 Å². The first kappa shape index (κ1) is 16.4. The van der Waals surface area contributed by atoms with Crippen LogP contribution < -0.4 is 0 Å². The number of aliphatic hydroxyl groups is 1. The summed E-state index contributed by atoms with van der Waals surface area (Å²) in [5.74, 6) is 0.0254. The molecule has 1 aliphatic rings. The number of hydrogen-bond acceptors (Lipinski definition) is 4. The summed E-state index contributed by atoms with van der Waals surface area (Å²) >= 11 is 0. The van der Waals surface area contributed by atoms with E-state index >= 15 is 0 Å². The molecule has 0 unspecified atom stereocenters. The molecule has 0 saturated carbocycles. The Morgan fingerprint density at radius 3 is 2.74 bits per heavy atom. The summed E-state index contributed by atoms with van der Waals surface area (Å²) in [4.78, 5) is 0. The van der Waals surface area contributed by atoms with Crippen LogP contribution in [-0.4, -0.2) is 50.9 Å². The maximum Gasteiger partial charge on any atom is 0.102 e. The van der Waals surface area contributed by atoms with Crippen LogP contribution in [0.25, 0.3) is 0 Å². The molecule has 4 heteroatoms. The maximum atomic E-state index is 10.3. The lowest BCUT2D eigenvalue weighted by Gasteiger charge is -2.23. The molecule has 0 fully saturated rings. The summed E-state index contributed by atoms with van der Waals surface area (Å²) in [6.45, 7) is 6.46. The van der Waals surface area contributed by atoms with E-state index in [1.165, 1.54) is 0 Å². The fourth-order valence-electron chi connectivity index (χ4n) is 2.06. The summed E-state index contributed by atoms with van der Waals surface area (Å²) in [6, 6.07) is 0. The SMILES string of the molecule is CO[C@H]1/C=C/CCOCCOC/C(C)=C\[C@@H](C)[C@@H]1O. The van der Waals surface area contributed by atoms with Crippen molar-refractivity contribution < 1.29 is 19.3 Å². The van der Waals surface area contributed by atoms with E-state index < -0.39 is 6.10 Å². The summed E-state index contributed by atoms with van der Waals surface area (Å²) < 4.78 is 16.3. The molecule has 1 heterocycles. The Kier molecular flexibility index (Phi) is 7.98. The second kappa shape index (κ2) is 9.26. The van der Waals surface area contributed by atoms with E-state index in [9.17, 15) is 5.11 Å². The number of aliphatic hydroxyl groups excluding tert-OH is 1. The van der Waals surface area contributed by atoms with Gasteiger partial charge in [0.05, 0.1) is 32.5 Å². The standard InChI is InChI=1S/C15H26O4/c1-12-10-13(2)15(16)14(17-3)6-4-5-7-18-8-9-19-11-12/h4,6,10,13-16H,5,7-9,11H2,1-3H3/b6-4+,12-10-/t13-,14+,15+/m1/s1. The molecule has 0 spiro atoms. The maximum absolute atomic E-state index is 10.3. The molecule has 1 rings (SSSR count). The van der Waals surface area contributed by atoms with E-state index in [1.54, 1.807) is 7.11 Å². The van der Waals surface area contributed by atoms with Crippen LogP contribution >= 0.6 is 0 Å². The zero-order chi connectivity index (χ0) is 14.1. The number of rotatable bonds is 1. The van der Waals surface area contributed by atoms with Gasteiger partial charge >= 0.3 is 0 Å². The predicted molar refractivity (Wildman–Crippen MR) is 75.1 cm³/mol. The van der Waals surface area contributed by atoms with E-state index in [0.29, 0.717) is 26.4 Å².